The summed E-state index contributed by atoms with van der Waals surface area (Å²) >= 11 is 1.87. The maximum atomic E-state index is 11.1. The molecule has 1 aliphatic heterocycles. The third kappa shape index (κ3) is 3.67. The number of amides is 2. The fraction of sp³-hybridized carbons (Fsp3) is 0.750. The molecule has 0 aromatic heterocycles. The van der Waals surface area contributed by atoms with Crippen LogP contribution in [0.5, 0.6) is 0 Å². The third-order valence-corrected chi connectivity index (χ3v) is 2.85. The van der Waals surface area contributed by atoms with Gasteiger partial charge in [-0.15, -0.1) is 0 Å². The van der Waals surface area contributed by atoms with Crippen molar-refractivity contribution in [3.63, 3.8) is 0 Å². The Labute approximate surface area is 82.7 Å². The minimum Gasteiger partial charge on any atom is -0.329 e. The van der Waals surface area contributed by atoms with Crippen LogP contribution in [0.2, 0.25) is 0 Å². The van der Waals surface area contributed by atoms with Gasteiger partial charge in [0.25, 0.3) is 0 Å². The molecule has 0 saturated carbocycles. The molecule has 1 rings (SSSR count). The second kappa shape index (κ2) is 5.11. The molecule has 0 atom stereocenters. The maximum Gasteiger partial charge on any atom is 0.337 e. The van der Waals surface area contributed by atoms with Crippen molar-refractivity contribution in [3.8, 4) is 0 Å². The Morgan fingerprint density at radius 3 is 2.92 bits per heavy atom. The van der Waals surface area contributed by atoms with Gasteiger partial charge in [-0.25, -0.2) is 10.2 Å². The molecule has 1 N–H and O–H groups in total. The van der Waals surface area contributed by atoms with Gasteiger partial charge in [0, 0.05) is 25.6 Å². The molecule has 0 unspecified atom stereocenters. The Hall–Kier alpha value is -0.710. The first kappa shape index (κ1) is 10.4. The number of hydrazone groups is 1. The topological polar surface area (TPSA) is 44.7 Å². The Kier molecular flexibility index (Phi) is 4.08. The second-order valence-electron chi connectivity index (χ2n) is 3.15. The van der Waals surface area contributed by atoms with Crippen molar-refractivity contribution in [2.24, 2.45) is 5.10 Å². The first-order chi connectivity index (χ1) is 6.20. The molecule has 0 bridgehead atoms. The van der Waals surface area contributed by atoms with Crippen LogP contribution in [0.1, 0.15) is 12.8 Å². The molecule has 0 radical (unpaired) electrons. The van der Waals surface area contributed by atoms with E-state index in [4.69, 9.17) is 0 Å². The van der Waals surface area contributed by atoms with E-state index in [1.165, 1.54) is 17.1 Å². The normalized spacial score (nSPS) is 20.0. The van der Waals surface area contributed by atoms with Crippen molar-refractivity contribution < 1.29 is 4.79 Å². The maximum absolute atomic E-state index is 11.1. The SMILES string of the molecule is CN(C)C(=O)N/N=C1/CCCSC1. The number of thioether (sulfide) groups is 1. The Balaban J connectivity index is 2.33. The molecule has 13 heavy (non-hydrogen) atoms. The van der Waals surface area contributed by atoms with Crippen molar-refractivity contribution in [3.05, 3.63) is 0 Å². The summed E-state index contributed by atoms with van der Waals surface area (Å²) in [7, 11) is 3.40. The van der Waals surface area contributed by atoms with E-state index in [1.54, 1.807) is 14.1 Å². The lowest BCUT2D eigenvalue weighted by Crippen LogP contribution is -2.32. The summed E-state index contributed by atoms with van der Waals surface area (Å²) in [4.78, 5) is 12.6. The molecule has 2 amide bonds. The summed E-state index contributed by atoms with van der Waals surface area (Å²) in [5.41, 5.74) is 3.60. The van der Waals surface area contributed by atoms with Gasteiger partial charge in [-0.3, -0.25) is 0 Å². The summed E-state index contributed by atoms with van der Waals surface area (Å²) in [6, 6.07) is -0.164. The van der Waals surface area contributed by atoms with E-state index in [2.05, 4.69) is 10.5 Å². The van der Waals surface area contributed by atoms with Gasteiger partial charge in [0.15, 0.2) is 0 Å². The number of hydrogen-bond donors (Lipinski definition) is 1. The highest BCUT2D eigenvalue weighted by Gasteiger charge is 2.08. The summed E-state index contributed by atoms with van der Waals surface area (Å²) in [5, 5.41) is 4.06. The lowest BCUT2D eigenvalue weighted by molar-refractivity contribution is 0.218. The Morgan fingerprint density at radius 2 is 2.38 bits per heavy atom. The molecular weight excluding hydrogens is 186 g/mol. The van der Waals surface area contributed by atoms with Crippen LogP contribution >= 0.6 is 11.8 Å². The summed E-state index contributed by atoms with van der Waals surface area (Å²) < 4.78 is 0. The predicted octanol–water partition coefficient (Wildman–Crippen LogP) is 1.14. The zero-order valence-electron chi connectivity index (χ0n) is 8.04. The summed E-state index contributed by atoms with van der Waals surface area (Å²) in [6.07, 6.45) is 2.18. The third-order valence-electron chi connectivity index (χ3n) is 1.74. The van der Waals surface area contributed by atoms with E-state index in [0.29, 0.717) is 0 Å². The number of nitrogens with one attached hydrogen (secondary N) is 1. The molecule has 0 aromatic rings. The van der Waals surface area contributed by atoms with E-state index >= 15 is 0 Å². The number of urea groups is 1. The average molecular weight is 201 g/mol. The van der Waals surface area contributed by atoms with Gasteiger partial charge in [0.05, 0.1) is 0 Å². The monoisotopic (exact) mass is 201 g/mol. The van der Waals surface area contributed by atoms with Crippen molar-refractivity contribution in [2.75, 3.05) is 25.6 Å². The van der Waals surface area contributed by atoms with Gasteiger partial charge < -0.3 is 4.90 Å². The largest absolute Gasteiger partial charge is 0.337 e. The van der Waals surface area contributed by atoms with Gasteiger partial charge in [-0.1, -0.05) is 0 Å². The van der Waals surface area contributed by atoms with Gasteiger partial charge in [0.2, 0.25) is 0 Å². The zero-order chi connectivity index (χ0) is 9.68. The fourth-order valence-corrected chi connectivity index (χ4v) is 1.89. The van der Waals surface area contributed by atoms with Crippen LogP contribution in [0.3, 0.4) is 0 Å². The van der Waals surface area contributed by atoms with E-state index in [1.807, 2.05) is 11.8 Å². The lowest BCUT2D eigenvalue weighted by Gasteiger charge is -2.13. The fourth-order valence-electron chi connectivity index (χ4n) is 0.955. The first-order valence-electron chi connectivity index (χ1n) is 4.30. The van der Waals surface area contributed by atoms with Gasteiger partial charge >= 0.3 is 6.03 Å². The minimum absolute atomic E-state index is 0.164. The lowest BCUT2D eigenvalue weighted by atomic mass is 10.2. The number of hydrogen-bond acceptors (Lipinski definition) is 3. The minimum atomic E-state index is -0.164. The Bertz CT molecular complexity index is 207. The van der Waals surface area contributed by atoms with Crippen LogP contribution in [0.15, 0.2) is 5.10 Å². The van der Waals surface area contributed by atoms with E-state index < -0.39 is 0 Å². The molecule has 1 heterocycles. The van der Waals surface area contributed by atoms with E-state index in [-0.39, 0.29) is 6.03 Å². The number of carbonyl (C=O) groups excluding carboxylic acids is 1. The molecule has 0 aliphatic carbocycles. The Morgan fingerprint density at radius 1 is 1.62 bits per heavy atom. The van der Waals surface area contributed by atoms with Crippen LogP contribution in [0, 0.1) is 0 Å². The average Bonchev–Trinajstić information content (AvgIpc) is 2.15. The number of nitrogens with zero attached hydrogens (tertiary/aromatic N) is 2. The molecule has 4 nitrogen and oxygen atoms in total. The number of carbonyl (C=O) groups is 1. The van der Waals surface area contributed by atoms with Crippen LogP contribution in [-0.4, -0.2) is 42.2 Å². The van der Waals surface area contributed by atoms with Crippen LogP contribution in [0.25, 0.3) is 0 Å². The van der Waals surface area contributed by atoms with Crippen molar-refractivity contribution in [2.45, 2.75) is 12.8 Å². The van der Waals surface area contributed by atoms with Crippen molar-refractivity contribution >= 4 is 23.5 Å². The van der Waals surface area contributed by atoms with Gasteiger partial charge in [-0.05, 0) is 18.6 Å². The van der Waals surface area contributed by atoms with Gasteiger partial charge in [-0.2, -0.15) is 16.9 Å². The zero-order valence-corrected chi connectivity index (χ0v) is 8.86. The van der Waals surface area contributed by atoms with Crippen LogP contribution < -0.4 is 5.43 Å². The molecule has 74 valence electrons. The smallest absolute Gasteiger partial charge is 0.329 e. The van der Waals surface area contributed by atoms with Gasteiger partial charge in [0.1, 0.15) is 0 Å². The van der Waals surface area contributed by atoms with E-state index in [0.717, 1.165) is 17.9 Å². The van der Waals surface area contributed by atoms with Crippen LogP contribution in [0.4, 0.5) is 4.79 Å². The molecule has 5 heteroatoms. The quantitative estimate of drug-likeness (QED) is 0.647. The molecule has 0 spiro atoms. The standard InChI is InChI=1S/C8H15N3OS/c1-11(2)8(12)10-9-7-4-3-5-13-6-7/h3-6H2,1-2H3,(H,10,12)/b9-7-. The highest BCUT2D eigenvalue weighted by Crippen LogP contribution is 2.13. The first-order valence-corrected chi connectivity index (χ1v) is 5.46. The summed E-state index contributed by atoms with van der Waals surface area (Å²) in [6.45, 7) is 0. The molecule has 1 aliphatic rings. The van der Waals surface area contributed by atoms with Crippen molar-refractivity contribution in [1.29, 1.82) is 0 Å². The molecule has 1 fully saturated rings. The second-order valence-corrected chi connectivity index (χ2v) is 4.25. The summed E-state index contributed by atoms with van der Waals surface area (Å²) in [5.74, 6) is 2.16. The van der Waals surface area contributed by atoms with Crippen molar-refractivity contribution in [1.82, 2.24) is 10.3 Å². The highest BCUT2D eigenvalue weighted by atomic mass is 32.2. The van der Waals surface area contributed by atoms with Crippen LogP contribution in [-0.2, 0) is 0 Å². The highest BCUT2D eigenvalue weighted by molar-refractivity contribution is 8.00. The van der Waals surface area contributed by atoms with E-state index in [9.17, 15) is 4.79 Å². The molecule has 1 saturated heterocycles. The molecule has 0 aromatic carbocycles. The molecular formula is C8H15N3OS. The predicted molar refractivity (Wildman–Crippen MR) is 56.2 cm³/mol. The number of rotatable bonds is 1.